The predicted octanol–water partition coefficient (Wildman–Crippen LogP) is 3.00. The first-order chi connectivity index (χ1) is 13.7. The monoisotopic (exact) mass is 406 g/mol. The van der Waals surface area contributed by atoms with Gasteiger partial charge in [0.05, 0.1) is 12.0 Å². The maximum absolute atomic E-state index is 12.9. The van der Waals surface area contributed by atoms with Gasteiger partial charge in [-0.2, -0.15) is 0 Å². The summed E-state index contributed by atoms with van der Waals surface area (Å²) in [5.41, 5.74) is 0.482. The van der Waals surface area contributed by atoms with Gasteiger partial charge >= 0.3 is 11.7 Å². The Morgan fingerprint density at radius 1 is 1.24 bits per heavy atom. The van der Waals surface area contributed by atoms with E-state index < -0.39 is 35.3 Å². The standard InChI is InChI=1S/C19H19FN2O7/c1-11-8-16(22(25)26)17(27-3)9-15(11)21-18(23)10-28-19(24)12(2)29-14-6-4-13(20)5-7-14/h4-9,12H,10H2,1-3H3,(H,21,23)/t12-/m0/s1. The fraction of sp³-hybridized carbons (Fsp3) is 0.263. The molecule has 10 heteroatoms. The summed E-state index contributed by atoms with van der Waals surface area (Å²) in [7, 11) is 1.27. The van der Waals surface area contributed by atoms with Crippen LogP contribution in [0.3, 0.4) is 0 Å². The summed E-state index contributed by atoms with van der Waals surface area (Å²) in [5, 5.41) is 13.5. The quantitative estimate of drug-likeness (QED) is 0.407. The van der Waals surface area contributed by atoms with Gasteiger partial charge in [0.15, 0.2) is 18.5 Å². The van der Waals surface area contributed by atoms with Gasteiger partial charge in [-0.05, 0) is 43.7 Å². The van der Waals surface area contributed by atoms with Crippen molar-refractivity contribution in [1.29, 1.82) is 0 Å². The summed E-state index contributed by atoms with van der Waals surface area (Å²) in [4.78, 5) is 34.4. The van der Waals surface area contributed by atoms with Crippen LogP contribution in [0.4, 0.5) is 15.8 Å². The van der Waals surface area contributed by atoms with Gasteiger partial charge in [-0.25, -0.2) is 9.18 Å². The van der Waals surface area contributed by atoms with E-state index in [0.29, 0.717) is 5.56 Å². The van der Waals surface area contributed by atoms with E-state index in [1.165, 1.54) is 50.4 Å². The lowest BCUT2D eigenvalue weighted by molar-refractivity contribution is -0.385. The van der Waals surface area contributed by atoms with Crippen molar-refractivity contribution in [3.63, 3.8) is 0 Å². The molecular weight excluding hydrogens is 387 g/mol. The van der Waals surface area contributed by atoms with Crippen LogP contribution < -0.4 is 14.8 Å². The van der Waals surface area contributed by atoms with Gasteiger partial charge in [0, 0.05) is 17.8 Å². The van der Waals surface area contributed by atoms with E-state index in [0.717, 1.165) is 0 Å². The van der Waals surface area contributed by atoms with Crippen LogP contribution in [0.2, 0.25) is 0 Å². The van der Waals surface area contributed by atoms with E-state index >= 15 is 0 Å². The lowest BCUT2D eigenvalue weighted by Crippen LogP contribution is -2.29. The molecule has 0 spiro atoms. The molecule has 0 fully saturated rings. The minimum atomic E-state index is -1.02. The third-order valence-electron chi connectivity index (χ3n) is 3.80. The molecule has 1 N–H and O–H groups in total. The van der Waals surface area contributed by atoms with Gasteiger partial charge in [-0.1, -0.05) is 0 Å². The highest BCUT2D eigenvalue weighted by Gasteiger charge is 2.20. The Labute approximate surface area is 165 Å². The summed E-state index contributed by atoms with van der Waals surface area (Å²) in [5.74, 6) is -1.63. The van der Waals surface area contributed by atoms with Crippen LogP contribution in [0.5, 0.6) is 11.5 Å². The lowest BCUT2D eigenvalue weighted by Gasteiger charge is -2.14. The minimum absolute atomic E-state index is 0.0192. The van der Waals surface area contributed by atoms with E-state index in [-0.39, 0.29) is 22.9 Å². The van der Waals surface area contributed by atoms with E-state index in [2.05, 4.69) is 5.32 Å². The van der Waals surface area contributed by atoms with Crippen molar-refractivity contribution in [1.82, 2.24) is 0 Å². The number of nitro groups is 1. The molecule has 0 bridgehead atoms. The Morgan fingerprint density at radius 2 is 1.90 bits per heavy atom. The number of nitrogens with zero attached hydrogens (tertiary/aromatic N) is 1. The van der Waals surface area contributed by atoms with Crippen LogP contribution in [0, 0.1) is 22.9 Å². The molecule has 154 valence electrons. The molecule has 0 unspecified atom stereocenters. The maximum atomic E-state index is 12.9. The molecule has 0 aliphatic carbocycles. The predicted molar refractivity (Wildman–Crippen MR) is 100 cm³/mol. The number of anilines is 1. The van der Waals surface area contributed by atoms with Crippen molar-refractivity contribution >= 4 is 23.3 Å². The molecule has 1 amide bonds. The normalized spacial score (nSPS) is 11.3. The molecule has 2 aromatic carbocycles. The molecule has 9 nitrogen and oxygen atoms in total. The average molecular weight is 406 g/mol. The third-order valence-corrected chi connectivity index (χ3v) is 3.80. The number of carbonyl (C=O) groups excluding carboxylic acids is 2. The molecule has 0 aliphatic heterocycles. The number of amides is 1. The van der Waals surface area contributed by atoms with Gasteiger partial charge in [-0.15, -0.1) is 0 Å². The summed E-state index contributed by atoms with van der Waals surface area (Å²) < 4.78 is 28.1. The van der Waals surface area contributed by atoms with Crippen molar-refractivity contribution in [3.8, 4) is 11.5 Å². The number of nitrogens with one attached hydrogen (secondary N) is 1. The second-order valence-corrected chi connectivity index (χ2v) is 5.97. The van der Waals surface area contributed by atoms with Gasteiger partial charge in [-0.3, -0.25) is 14.9 Å². The van der Waals surface area contributed by atoms with E-state index in [1.807, 2.05) is 0 Å². The zero-order valence-electron chi connectivity index (χ0n) is 15.9. The smallest absolute Gasteiger partial charge is 0.347 e. The minimum Gasteiger partial charge on any atom is -0.490 e. The zero-order valence-corrected chi connectivity index (χ0v) is 15.9. The Kier molecular flexibility index (Phi) is 7.07. The number of aryl methyl sites for hydroxylation is 1. The molecule has 0 heterocycles. The lowest BCUT2D eigenvalue weighted by atomic mass is 10.1. The summed E-state index contributed by atoms with van der Waals surface area (Å²) >= 11 is 0. The van der Waals surface area contributed by atoms with Gasteiger partial charge in [0.2, 0.25) is 0 Å². The largest absolute Gasteiger partial charge is 0.490 e. The molecule has 0 aromatic heterocycles. The number of benzene rings is 2. The van der Waals surface area contributed by atoms with Gasteiger partial charge < -0.3 is 19.5 Å². The van der Waals surface area contributed by atoms with Gasteiger partial charge in [0.1, 0.15) is 11.6 Å². The van der Waals surface area contributed by atoms with E-state index in [9.17, 15) is 24.1 Å². The van der Waals surface area contributed by atoms with Crippen molar-refractivity contribution < 1.29 is 33.1 Å². The number of hydrogen-bond acceptors (Lipinski definition) is 7. The van der Waals surface area contributed by atoms with E-state index in [4.69, 9.17) is 14.2 Å². The molecular formula is C19H19FN2O7. The number of esters is 1. The van der Waals surface area contributed by atoms with Crippen LogP contribution in [0.25, 0.3) is 0 Å². The highest BCUT2D eigenvalue weighted by molar-refractivity contribution is 5.94. The summed E-state index contributed by atoms with van der Waals surface area (Å²) in [6, 6.07) is 7.66. The highest BCUT2D eigenvalue weighted by atomic mass is 19.1. The molecule has 1 atom stereocenters. The first-order valence-corrected chi connectivity index (χ1v) is 8.43. The number of ether oxygens (including phenoxy) is 3. The van der Waals surface area contributed by atoms with Crippen molar-refractivity contribution in [2.45, 2.75) is 20.0 Å². The SMILES string of the molecule is COc1cc(NC(=O)COC(=O)[C@H](C)Oc2ccc(F)cc2)c(C)cc1[N+](=O)[O-]. The van der Waals surface area contributed by atoms with Crippen molar-refractivity contribution in [2.75, 3.05) is 19.0 Å². The maximum Gasteiger partial charge on any atom is 0.347 e. The first-order valence-electron chi connectivity index (χ1n) is 8.43. The number of halogens is 1. The molecule has 29 heavy (non-hydrogen) atoms. The van der Waals surface area contributed by atoms with Crippen molar-refractivity contribution in [3.05, 3.63) is 57.9 Å². The number of hydrogen-bond donors (Lipinski definition) is 1. The Balaban J connectivity index is 1.93. The fourth-order valence-corrected chi connectivity index (χ4v) is 2.32. The Morgan fingerprint density at radius 3 is 2.48 bits per heavy atom. The first kappa shape index (κ1) is 21.6. The summed E-state index contributed by atoms with van der Waals surface area (Å²) in [6.45, 7) is 2.41. The van der Waals surface area contributed by atoms with Crippen LogP contribution >= 0.6 is 0 Å². The molecule has 2 aromatic rings. The van der Waals surface area contributed by atoms with Crippen LogP contribution in [-0.2, 0) is 14.3 Å². The molecule has 0 radical (unpaired) electrons. The summed E-state index contributed by atoms with van der Waals surface area (Å²) in [6.07, 6.45) is -1.02. The second kappa shape index (κ2) is 9.49. The van der Waals surface area contributed by atoms with Crippen LogP contribution in [0.1, 0.15) is 12.5 Å². The number of nitro benzene ring substituents is 1. The fourth-order valence-electron chi connectivity index (χ4n) is 2.32. The second-order valence-electron chi connectivity index (χ2n) is 5.97. The zero-order chi connectivity index (χ0) is 21.6. The Bertz CT molecular complexity index is 916. The molecule has 0 saturated heterocycles. The number of rotatable bonds is 8. The Hall–Kier alpha value is -3.69. The topological polar surface area (TPSA) is 117 Å². The highest BCUT2D eigenvalue weighted by Crippen LogP contribution is 2.32. The average Bonchev–Trinajstić information content (AvgIpc) is 2.68. The molecule has 2 rings (SSSR count). The van der Waals surface area contributed by atoms with Crippen molar-refractivity contribution in [2.24, 2.45) is 0 Å². The van der Waals surface area contributed by atoms with Crippen LogP contribution in [0.15, 0.2) is 36.4 Å². The molecule has 0 aliphatic rings. The molecule has 0 saturated carbocycles. The third kappa shape index (κ3) is 5.89. The number of methoxy groups -OCH3 is 1. The van der Waals surface area contributed by atoms with E-state index in [1.54, 1.807) is 6.92 Å². The van der Waals surface area contributed by atoms with Gasteiger partial charge in [0.25, 0.3) is 5.91 Å². The number of carbonyl (C=O) groups is 2. The van der Waals surface area contributed by atoms with Crippen LogP contribution in [-0.4, -0.2) is 36.6 Å².